The normalized spacial score (nSPS) is 12.0. The third kappa shape index (κ3) is 4.21. The van der Waals surface area contributed by atoms with E-state index in [1.807, 2.05) is 6.92 Å². The summed E-state index contributed by atoms with van der Waals surface area (Å²) in [5.41, 5.74) is 1.60. The number of halogens is 1. The van der Waals surface area contributed by atoms with Crippen molar-refractivity contribution in [2.45, 2.75) is 13.5 Å². The monoisotopic (exact) mass is 320 g/mol. The van der Waals surface area contributed by atoms with Crippen LogP contribution in [-0.2, 0) is 6.61 Å². The molecular weight excluding hydrogens is 299 g/mol. The summed E-state index contributed by atoms with van der Waals surface area (Å²) in [6.45, 7) is 2.01. The van der Waals surface area contributed by atoms with Gasteiger partial charge in [0.05, 0.1) is 20.3 Å². The van der Waals surface area contributed by atoms with Crippen LogP contribution in [0.3, 0.4) is 0 Å². The molecule has 0 saturated heterocycles. The number of aliphatic hydroxyl groups is 2. The van der Waals surface area contributed by atoms with Crippen molar-refractivity contribution in [2.75, 3.05) is 20.3 Å². The molecule has 0 aliphatic carbocycles. The third-order valence-corrected chi connectivity index (χ3v) is 3.53. The van der Waals surface area contributed by atoms with E-state index in [0.717, 1.165) is 0 Å². The molecule has 0 radical (unpaired) electrons. The van der Waals surface area contributed by atoms with Crippen LogP contribution in [0, 0.1) is 11.7 Å². The number of ether oxygens (including phenoxy) is 2. The van der Waals surface area contributed by atoms with E-state index < -0.39 is 0 Å². The van der Waals surface area contributed by atoms with Gasteiger partial charge in [-0.1, -0.05) is 19.1 Å². The summed E-state index contributed by atoms with van der Waals surface area (Å²) in [7, 11) is 1.52. The molecule has 0 fully saturated rings. The molecule has 2 aromatic carbocycles. The Morgan fingerprint density at radius 1 is 1.09 bits per heavy atom. The van der Waals surface area contributed by atoms with Crippen molar-refractivity contribution in [1.29, 1.82) is 0 Å². The fraction of sp³-hybridized carbons (Fsp3) is 0.333. The molecule has 4 nitrogen and oxygen atoms in total. The largest absolute Gasteiger partial charge is 0.497 e. The summed E-state index contributed by atoms with van der Waals surface area (Å²) in [6, 6.07) is 9.60. The average Bonchev–Trinajstić information content (AvgIpc) is 2.59. The lowest BCUT2D eigenvalue weighted by Gasteiger charge is -2.16. The van der Waals surface area contributed by atoms with Crippen molar-refractivity contribution in [1.82, 2.24) is 0 Å². The Kier molecular flexibility index (Phi) is 5.96. The Balaban J connectivity index is 2.44. The first-order valence-electron chi connectivity index (χ1n) is 7.40. The van der Waals surface area contributed by atoms with Gasteiger partial charge in [-0.3, -0.25) is 0 Å². The van der Waals surface area contributed by atoms with Gasteiger partial charge in [0.2, 0.25) is 0 Å². The molecule has 0 aliphatic heterocycles. The predicted molar refractivity (Wildman–Crippen MR) is 86.1 cm³/mol. The van der Waals surface area contributed by atoms with Gasteiger partial charge in [-0.2, -0.15) is 0 Å². The smallest absolute Gasteiger partial charge is 0.131 e. The molecule has 5 heteroatoms. The highest BCUT2D eigenvalue weighted by Crippen LogP contribution is 2.35. The minimum atomic E-state index is -0.386. The van der Waals surface area contributed by atoms with Gasteiger partial charge in [-0.25, -0.2) is 4.39 Å². The molecule has 2 aromatic rings. The van der Waals surface area contributed by atoms with Crippen LogP contribution in [0.4, 0.5) is 4.39 Å². The standard InChI is InChI=1S/C18H21FO4/c1-12(9-20)11-23-18-7-13(10-21)3-5-15(18)16-8-14(22-2)4-6-17(16)19/h3-8,12,20-21H,9-11H2,1-2H3. The quantitative estimate of drug-likeness (QED) is 0.823. The topological polar surface area (TPSA) is 58.9 Å². The summed E-state index contributed by atoms with van der Waals surface area (Å²) in [6.07, 6.45) is 0. The average molecular weight is 320 g/mol. The molecule has 0 amide bonds. The molecule has 1 unspecified atom stereocenters. The first-order valence-corrected chi connectivity index (χ1v) is 7.40. The van der Waals surface area contributed by atoms with Crippen LogP contribution < -0.4 is 9.47 Å². The molecule has 1 atom stereocenters. The van der Waals surface area contributed by atoms with E-state index in [2.05, 4.69) is 0 Å². The molecule has 0 aromatic heterocycles. The molecular formula is C18H21FO4. The minimum absolute atomic E-state index is 0.00252. The number of methoxy groups -OCH3 is 1. The van der Waals surface area contributed by atoms with Crippen LogP contribution >= 0.6 is 0 Å². The fourth-order valence-corrected chi connectivity index (χ4v) is 2.13. The number of benzene rings is 2. The number of rotatable bonds is 7. The van der Waals surface area contributed by atoms with Crippen molar-refractivity contribution in [3.8, 4) is 22.6 Å². The lowest BCUT2D eigenvalue weighted by molar-refractivity contribution is 0.174. The molecule has 2 N–H and O–H groups in total. The summed E-state index contributed by atoms with van der Waals surface area (Å²) in [5.74, 6) is 0.574. The maximum absolute atomic E-state index is 14.2. The van der Waals surface area contributed by atoms with E-state index in [9.17, 15) is 9.50 Å². The molecule has 23 heavy (non-hydrogen) atoms. The van der Waals surface area contributed by atoms with E-state index in [1.165, 1.54) is 13.2 Å². The maximum atomic E-state index is 14.2. The van der Waals surface area contributed by atoms with Gasteiger partial charge in [0.25, 0.3) is 0 Å². The van der Waals surface area contributed by atoms with Gasteiger partial charge >= 0.3 is 0 Å². The molecule has 2 rings (SSSR count). The summed E-state index contributed by atoms with van der Waals surface area (Å²) in [4.78, 5) is 0. The van der Waals surface area contributed by atoms with E-state index in [4.69, 9.17) is 14.6 Å². The SMILES string of the molecule is COc1ccc(F)c(-c2ccc(CO)cc2OCC(C)CO)c1. The minimum Gasteiger partial charge on any atom is -0.497 e. The second kappa shape index (κ2) is 7.94. The van der Waals surface area contributed by atoms with E-state index >= 15 is 0 Å². The van der Waals surface area contributed by atoms with Crippen molar-refractivity contribution < 1.29 is 24.1 Å². The first-order chi connectivity index (χ1) is 11.1. The van der Waals surface area contributed by atoms with Gasteiger partial charge < -0.3 is 19.7 Å². The Morgan fingerprint density at radius 2 is 1.87 bits per heavy atom. The molecule has 0 heterocycles. The van der Waals surface area contributed by atoms with Gasteiger partial charge in [-0.15, -0.1) is 0 Å². The van der Waals surface area contributed by atoms with Crippen LogP contribution in [0.25, 0.3) is 11.1 Å². The lowest BCUT2D eigenvalue weighted by Crippen LogP contribution is -2.12. The Labute approximate surface area is 135 Å². The molecule has 0 saturated carbocycles. The lowest BCUT2D eigenvalue weighted by atomic mass is 10.0. The van der Waals surface area contributed by atoms with Gasteiger partial charge in [0.15, 0.2) is 0 Å². The molecule has 124 valence electrons. The Hall–Kier alpha value is -2.11. The zero-order valence-corrected chi connectivity index (χ0v) is 13.3. The number of hydrogen-bond acceptors (Lipinski definition) is 4. The Morgan fingerprint density at radius 3 is 2.52 bits per heavy atom. The fourth-order valence-electron chi connectivity index (χ4n) is 2.13. The van der Waals surface area contributed by atoms with Gasteiger partial charge in [-0.05, 0) is 29.8 Å². The van der Waals surface area contributed by atoms with Crippen LogP contribution in [-0.4, -0.2) is 30.5 Å². The van der Waals surface area contributed by atoms with E-state index in [-0.39, 0.29) is 24.9 Å². The van der Waals surface area contributed by atoms with Crippen LogP contribution in [0.15, 0.2) is 36.4 Å². The first kappa shape index (κ1) is 17.2. The second-order valence-electron chi connectivity index (χ2n) is 5.43. The van der Waals surface area contributed by atoms with Crippen LogP contribution in [0.2, 0.25) is 0 Å². The van der Waals surface area contributed by atoms with Crippen LogP contribution in [0.1, 0.15) is 12.5 Å². The maximum Gasteiger partial charge on any atom is 0.131 e. The predicted octanol–water partition coefficient (Wildman–Crippen LogP) is 3.00. The molecule has 0 bridgehead atoms. The zero-order chi connectivity index (χ0) is 16.8. The summed E-state index contributed by atoms with van der Waals surface area (Å²) in [5, 5.41) is 18.4. The highest BCUT2D eigenvalue weighted by molar-refractivity contribution is 5.72. The van der Waals surface area contributed by atoms with Crippen LogP contribution in [0.5, 0.6) is 11.5 Å². The van der Waals surface area contributed by atoms with Crippen molar-refractivity contribution in [2.24, 2.45) is 5.92 Å². The highest BCUT2D eigenvalue weighted by Gasteiger charge is 2.14. The molecule has 0 spiro atoms. The Bertz CT molecular complexity index is 657. The van der Waals surface area contributed by atoms with Crippen molar-refractivity contribution in [3.05, 3.63) is 47.8 Å². The van der Waals surface area contributed by atoms with Crippen molar-refractivity contribution >= 4 is 0 Å². The second-order valence-corrected chi connectivity index (χ2v) is 5.43. The number of hydrogen-bond donors (Lipinski definition) is 2. The third-order valence-electron chi connectivity index (χ3n) is 3.53. The van der Waals surface area contributed by atoms with E-state index in [1.54, 1.807) is 30.3 Å². The highest BCUT2D eigenvalue weighted by atomic mass is 19.1. The zero-order valence-electron chi connectivity index (χ0n) is 13.3. The molecule has 0 aliphatic rings. The van der Waals surface area contributed by atoms with Gasteiger partial charge in [0.1, 0.15) is 17.3 Å². The van der Waals surface area contributed by atoms with E-state index in [0.29, 0.717) is 34.8 Å². The van der Waals surface area contributed by atoms with Gasteiger partial charge in [0, 0.05) is 23.7 Å². The number of aliphatic hydroxyl groups excluding tert-OH is 2. The summed E-state index contributed by atoms with van der Waals surface area (Å²) < 4.78 is 25.1. The van der Waals surface area contributed by atoms with Crippen molar-refractivity contribution in [3.63, 3.8) is 0 Å². The summed E-state index contributed by atoms with van der Waals surface area (Å²) >= 11 is 0.